The highest BCUT2D eigenvalue weighted by molar-refractivity contribution is 6.42. The highest BCUT2D eigenvalue weighted by atomic mass is 35.5. The Bertz CT molecular complexity index is 875. The standard InChI is InChI=1S/C18H13Cl2N3O2/c19-15-6-3-13(8-16(15)20)22-18(25)12-7-17(24)23(10-12)14-4-1-11(9-21)2-5-14/h1-6,8,12H,7,10H2,(H,22,25). The van der Waals surface area contributed by atoms with Gasteiger partial charge in [0.05, 0.1) is 27.6 Å². The summed E-state index contributed by atoms with van der Waals surface area (Å²) in [7, 11) is 0. The lowest BCUT2D eigenvalue weighted by molar-refractivity contribution is -0.122. The second-order valence-electron chi connectivity index (χ2n) is 5.68. The molecule has 1 aliphatic rings. The van der Waals surface area contributed by atoms with Crippen LogP contribution in [0.1, 0.15) is 12.0 Å². The number of benzene rings is 2. The molecule has 1 saturated heterocycles. The average Bonchev–Trinajstić information content (AvgIpc) is 3.00. The molecule has 3 rings (SSSR count). The van der Waals surface area contributed by atoms with E-state index in [1.54, 1.807) is 47.4 Å². The minimum absolute atomic E-state index is 0.126. The maximum absolute atomic E-state index is 12.4. The first-order valence-corrected chi connectivity index (χ1v) is 8.30. The van der Waals surface area contributed by atoms with Crippen LogP contribution in [-0.2, 0) is 9.59 Å². The zero-order chi connectivity index (χ0) is 18.0. The number of halogens is 2. The van der Waals surface area contributed by atoms with E-state index in [2.05, 4.69) is 5.32 Å². The molecule has 2 amide bonds. The summed E-state index contributed by atoms with van der Waals surface area (Å²) in [4.78, 5) is 26.2. The van der Waals surface area contributed by atoms with E-state index in [-0.39, 0.29) is 24.8 Å². The van der Waals surface area contributed by atoms with Crippen LogP contribution in [0.3, 0.4) is 0 Å². The first-order valence-electron chi connectivity index (χ1n) is 7.54. The first kappa shape index (κ1) is 17.3. The minimum atomic E-state index is -0.461. The summed E-state index contributed by atoms with van der Waals surface area (Å²) >= 11 is 11.8. The Morgan fingerprint density at radius 3 is 2.52 bits per heavy atom. The third-order valence-corrected chi connectivity index (χ3v) is 4.73. The summed E-state index contributed by atoms with van der Waals surface area (Å²) in [5, 5.41) is 12.3. The van der Waals surface area contributed by atoms with E-state index < -0.39 is 5.92 Å². The van der Waals surface area contributed by atoms with Gasteiger partial charge in [-0.3, -0.25) is 9.59 Å². The number of nitrogens with zero attached hydrogens (tertiary/aromatic N) is 2. The van der Waals surface area contributed by atoms with Crippen molar-refractivity contribution < 1.29 is 9.59 Å². The third kappa shape index (κ3) is 3.76. The number of rotatable bonds is 3. The van der Waals surface area contributed by atoms with Crippen LogP contribution in [0.5, 0.6) is 0 Å². The second kappa shape index (κ2) is 7.14. The SMILES string of the molecule is N#Cc1ccc(N2CC(C(=O)Nc3ccc(Cl)c(Cl)c3)CC2=O)cc1. The van der Waals surface area contributed by atoms with Crippen LogP contribution >= 0.6 is 23.2 Å². The molecule has 1 heterocycles. The van der Waals surface area contributed by atoms with Crippen LogP contribution in [-0.4, -0.2) is 18.4 Å². The van der Waals surface area contributed by atoms with E-state index in [0.29, 0.717) is 27.0 Å². The monoisotopic (exact) mass is 373 g/mol. The fraction of sp³-hybridized carbons (Fsp3) is 0.167. The maximum atomic E-state index is 12.4. The van der Waals surface area contributed by atoms with Crippen LogP contribution in [0.25, 0.3) is 0 Å². The normalized spacial score (nSPS) is 16.6. The van der Waals surface area contributed by atoms with Crippen LogP contribution in [0.2, 0.25) is 10.0 Å². The molecule has 1 atom stereocenters. The molecule has 0 spiro atoms. The second-order valence-corrected chi connectivity index (χ2v) is 6.50. The van der Waals surface area contributed by atoms with E-state index >= 15 is 0 Å². The van der Waals surface area contributed by atoms with Crippen LogP contribution < -0.4 is 10.2 Å². The number of hydrogen-bond donors (Lipinski definition) is 1. The van der Waals surface area contributed by atoms with Crippen molar-refractivity contribution in [1.29, 1.82) is 5.26 Å². The van der Waals surface area contributed by atoms with Gasteiger partial charge < -0.3 is 10.2 Å². The summed E-state index contributed by atoms with van der Waals surface area (Å²) < 4.78 is 0. The molecule has 1 fully saturated rings. The number of carbonyl (C=O) groups is 2. The van der Waals surface area contributed by atoms with E-state index in [1.165, 1.54) is 0 Å². The molecular formula is C18H13Cl2N3O2. The van der Waals surface area contributed by atoms with Crippen LogP contribution in [0.4, 0.5) is 11.4 Å². The molecule has 0 bridgehead atoms. The number of hydrogen-bond acceptors (Lipinski definition) is 3. The zero-order valence-corrected chi connectivity index (χ0v) is 14.5. The van der Waals surface area contributed by atoms with Gasteiger partial charge >= 0.3 is 0 Å². The molecule has 5 nitrogen and oxygen atoms in total. The lowest BCUT2D eigenvalue weighted by Crippen LogP contribution is -2.28. The number of carbonyl (C=O) groups excluding carboxylic acids is 2. The Hall–Kier alpha value is -2.55. The van der Waals surface area contributed by atoms with Crippen molar-refractivity contribution in [2.24, 2.45) is 5.92 Å². The molecule has 25 heavy (non-hydrogen) atoms. The summed E-state index contributed by atoms with van der Waals surface area (Å²) in [5.74, 6) is -0.834. The molecule has 0 aliphatic carbocycles. The Kier molecular flexibility index (Phi) is 4.93. The smallest absolute Gasteiger partial charge is 0.229 e. The van der Waals surface area contributed by atoms with Gasteiger partial charge in [-0.25, -0.2) is 0 Å². The van der Waals surface area contributed by atoms with E-state index in [9.17, 15) is 9.59 Å². The summed E-state index contributed by atoms with van der Waals surface area (Å²) in [5.41, 5.74) is 1.72. The first-order chi connectivity index (χ1) is 12.0. The van der Waals surface area contributed by atoms with E-state index in [1.807, 2.05) is 6.07 Å². The molecule has 1 aliphatic heterocycles. The van der Waals surface area contributed by atoms with Gasteiger partial charge in [0, 0.05) is 24.3 Å². The maximum Gasteiger partial charge on any atom is 0.229 e. The highest BCUT2D eigenvalue weighted by Gasteiger charge is 2.35. The Morgan fingerprint density at radius 2 is 1.88 bits per heavy atom. The minimum Gasteiger partial charge on any atom is -0.326 e. The molecule has 2 aromatic carbocycles. The van der Waals surface area contributed by atoms with Gasteiger partial charge in [-0.2, -0.15) is 5.26 Å². The van der Waals surface area contributed by atoms with Crippen molar-refractivity contribution >= 4 is 46.4 Å². The molecule has 126 valence electrons. The predicted octanol–water partition coefficient (Wildman–Crippen LogP) is 3.86. The van der Waals surface area contributed by atoms with Crippen LogP contribution in [0, 0.1) is 17.2 Å². The van der Waals surface area contributed by atoms with Crippen molar-refractivity contribution in [3.8, 4) is 6.07 Å². The largest absolute Gasteiger partial charge is 0.326 e. The zero-order valence-electron chi connectivity index (χ0n) is 13.0. The van der Waals surface area contributed by atoms with Crippen LogP contribution in [0.15, 0.2) is 42.5 Å². The topological polar surface area (TPSA) is 73.2 Å². The summed E-state index contributed by atoms with van der Waals surface area (Å²) in [6, 6.07) is 13.5. The molecule has 1 N–H and O–H groups in total. The van der Waals surface area contributed by atoms with Crippen molar-refractivity contribution in [2.45, 2.75) is 6.42 Å². The Labute approximate surface area is 154 Å². The van der Waals surface area contributed by atoms with Crippen molar-refractivity contribution in [3.63, 3.8) is 0 Å². The summed E-state index contributed by atoms with van der Waals surface area (Å²) in [6.45, 7) is 0.290. The van der Waals surface area contributed by atoms with Gasteiger partial charge in [-0.15, -0.1) is 0 Å². The lowest BCUT2D eigenvalue weighted by Gasteiger charge is -2.16. The quantitative estimate of drug-likeness (QED) is 0.887. The van der Waals surface area contributed by atoms with Crippen molar-refractivity contribution in [2.75, 3.05) is 16.8 Å². The van der Waals surface area contributed by atoms with Crippen molar-refractivity contribution in [1.82, 2.24) is 0 Å². The summed E-state index contributed by atoms with van der Waals surface area (Å²) in [6.07, 6.45) is 0.132. The Morgan fingerprint density at radius 1 is 1.16 bits per heavy atom. The van der Waals surface area contributed by atoms with Gasteiger partial charge in [0.15, 0.2) is 0 Å². The number of amides is 2. The highest BCUT2D eigenvalue weighted by Crippen LogP contribution is 2.28. The molecule has 0 aromatic heterocycles. The number of anilines is 2. The molecule has 2 aromatic rings. The Balaban J connectivity index is 1.69. The number of nitrogens with one attached hydrogen (secondary N) is 1. The van der Waals surface area contributed by atoms with E-state index in [0.717, 1.165) is 0 Å². The molecule has 1 unspecified atom stereocenters. The van der Waals surface area contributed by atoms with Gasteiger partial charge in [0.25, 0.3) is 0 Å². The van der Waals surface area contributed by atoms with Gasteiger partial charge in [0.2, 0.25) is 11.8 Å². The van der Waals surface area contributed by atoms with Gasteiger partial charge in [0.1, 0.15) is 0 Å². The predicted molar refractivity (Wildman–Crippen MR) is 96.7 cm³/mol. The molecular weight excluding hydrogens is 361 g/mol. The fourth-order valence-corrected chi connectivity index (χ4v) is 2.96. The molecule has 0 saturated carbocycles. The average molecular weight is 374 g/mol. The van der Waals surface area contributed by atoms with Gasteiger partial charge in [-0.1, -0.05) is 23.2 Å². The lowest BCUT2D eigenvalue weighted by atomic mass is 10.1. The van der Waals surface area contributed by atoms with Gasteiger partial charge in [-0.05, 0) is 42.5 Å². The molecule has 7 heteroatoms. The third-order valence-electron chi connectivity index (χ3n) is 3.99. The fourth-order valence-electron chi connectivity index (χ4n) is 2.67. The molecule has 0 radical (unpaired) electrons. The van der Waals surface area contributed by atoms with E-state index in [4.69, 9.17) is 28.5 Å². The number of nitriles is 1. The van der Waals surface area contributed by atoms with Crippen molar-refractivity contribution in [3.05, 3.63) is 58.1 Å².